The summed E-state index contributed by atoms with van der Waals surface area (Å²) >= 11 is 3.76. The zero-order valence-corrected chi connectivity index (χ0v) is 14.1. The molecule has 102 valence electrons. The first-order valence-corrected chi connectivity index (χ1v) is 7.83. The molecule has 1 aliphatic rings. The molecule has 2 aromatic rings. The highest BCUT2D eigenvalue weighted by Gasteiger charge is 2.16. The fourth-order valence-corrected chi connectivity index (χ4v) is 3.89. The Bertz CT molecular complexity index is 713. The summed E-state index contributed by atoms with van der Waals surface area (Å²) in [6.07, 6.45) is 3.37. The second kappa shape index (κ2) is 4.89. The molecule has 0 nitrogen and oxygen atoms in total. The summed E-state index contributed by atoms with van der Waals surface area (Å²) in [4.78, 5) is 0. The van der Waals surface area contributed by atoms with Crippen molar-refractivity contribution in [2.24, 2.45) is 0 Å². The van der Waals surface area contributed by atoms with Gasteiger partial charge in [-0.05, 0) is 79.6 Å². The van der Waals surface area contributed by atoms with E-state index < -0.39 is 0 Å². The van der Waals surface area contributed by atoms with Gasteiger partial charge in [0.05, 0.1) is 0 Å². The lowest BCUT2D eigenvalue weighted by atomic mass is 9.92. The molecule has 0 amide bonds. The molecule has 20 heavy (non-hydrogen) atoms. The zero-order chi connectivity index (χ0) is 14.4. The smallest absolute Gasteiger partial charge is 0.0260 e. The lowest BCUT2D eigenvalue weighted by Crippen LogP contribution is -1.93. The van der Waals surface area contributed by atoms with Crippen molar-refractivity contribution in [1.82, 2.24) is 0 Å². The van der Waals surface area contributed by atoms with E-state index in [9.17, 15) is 0 Å². The summed E-state index contributed by atoms with van der Waals surface area (Å²) in [5.74, 6) is 0. The zero-order valence-electron chi connectivity index (χ0n) is 12.5. The number of halogens is 1. The van der Waals surface area contributed by atoms with Gasteiger partial charge in [-0.1, -0.05) is 45.3 Å². The van der Waals surface area contributed by atoms with Gasteiger partial charge in [-0.25, -0.2) is 0 Å². The van der Waals surface area contributed by atoms with Gasteiger partial charge in [0.1, 0.15) is 0 Å². The van der Waals surface area contributed by atoms with Crippen LogP contribution in [0.5, 0.6) is 0 Å². The third-order valence-corrected chi connectivity index (χ3v) is 4.70. The molecule has 0 heterocycles. The molecule has 0 saturated carbocycles. The topological polar surface area (TPSA) is 0 Å². The van der Waals surface area contributed by atoms with Crippen molar-refractivity contribution in [1.29, 1.82) is 0 Å². The van der Waals surface area contributed by atoms with Crippen molar-refractivity contribution in [3.63, 3.8) is 0 Å². The van der Waals surface area contributed by atoms with Crippen LogP contribution in [0.15, 0.2) is 34.3 Å². The minimum absolute atomic E-state index is 1.08. The van der Waals surface area contributed by atoms with Crippen LogP contribution in [0, 0.1) is 20.8 Å². The second-order valence-electron chi connectivity index (χ2n) is 5.97. The molecule has 1 heteroatoms. The Morgan fingerprint density at radius 1 is 0.900 bits per heavy atom. The SMILES string of the molecule is CC1=Cc2cc(Br)c(-c3c(C)cc(C)cc3C)cc2C1. The first-order chi connectivity index (χ1) is 9.45. The Kier molecular flexibility index (Phi) is 3.33. The van der Waals surface area contributed by atoms with Gasteiger partial charge in [-0.2, -0.15) is 0 Å². The molecule has 0 unspecified atom stereocenters. The third kappa shape index (κ3) is 2.25. The van der Waals surface area contributed by atoms with Crippen LogP contribution in [0.2, 0.25) is 0 Å². The lowest BCUT2D eigenvalue weighted by molar-refractivity contribution is 1.19. The van der Waals surface area contributed by atoms with E-state index >= 15 is 0 Å². The van der Waals surface area contributed by atoms with Crippen LogP contribution >= 0.6 is 15.9 Å². The van der Waals surface area contributed by atoms with Crippen molar-refractivity contribution in [2.45, 2.75) is 34.1 Å². The minimum Gasteiger partial charge on any atom is -0.0683 e. The number of hydrogen-bond donors (Lipinski definition) is 0. The molecule has 0 bridgehead atoms. The van der Waals surface area contributed by atoms with Crippen LogP contribution in [0.25, 0.3) is 17.2 Å². The van der Waals surface area contributed by atoms with Crippen molar-refractivity contribution in [3.05, 3.63) is 62.1 Å². The maximum atomic E-state index is 3.76. The predicted molar refractivity (Wildman–Crippen MR) is 91.1 cm³/mol. The van der Waals surface area contributed by atoms with Gasteiger partial charge in [0.15, 0.2) is 0 Å². The van der Waals surface area contributed by atoms with Gasteiger partial charge in [-0.3, -0.25) is 0 Å². The highest BCUT2D eigenvalue weighted by Crippen LogP contribution is 2.38. The summed E-state index contributed by atoms with van der Waals surface area (Å²) in [6.45, 7) is 8.78. The standard InChI is InChI=1S/C19H19Br/c1-11-5-13(3)19(14(4)6-11)17-9-15-7-12(2)8-16(15)10-18(17)20/h5-6,8-10H,7H2,1-4H3. The van der Waals surface area contributed by atoms with Crippen LogP contribution in [0.1, 0.15) is 34.7 Å². The summed E-state index contributed by atoms with van der Waals surface area (Å²) in [7, 11) is 0. The fourth-order valence-electron chi connectivity index (χ4n) is 3.33. The van der Waals surface area contributed by atoms with Gasteiger partial charge in [0, 0.05) is 4.47 Å². The molecule has 2 aromatic carbocycles. The molecule has 0 radical (unpaired) electrons. The van der Waals surface area contributed by atoms with E-state index in [0.717, 1.165) is 6.42 Å². The Labute approximate surface area is 129 Å². The molecular formula is C19H19Br. The summed E-state index contributed by atoms with van der Waals surface area (Å²) < 4.78 is 1.19. The van der Waals surface area contributed by atoms with Gasteiger partial charge >= 0.3 is 0 Å². The maximum absolute atomic E-state index is 3.76. The predicted octanol–water partition coefficient (Wildman–Crippen LogP) is 6.00. The highest BCUT2D eigenvalue weighted by molar-refractivity contribution is 9.10. The number of fused-ring (bicyclic) bond motifs is 1. The average Bonchev–Trinajstić information content (AvgIpc) is 2.67. The fraction of sp³-hybridized carbons (Fsp3) is 0.263. The van der Waals surface area contributed by atoms with Gasteiger partial charge in [-0.15, -0.1) is 0 Å². The Hall–Kier alpha value is -1.34. The molecule has 0 atom stereocenters. The molecule has 0 N–H and O–H groups in total. The van der Waals surface area contributed by atoms with E-state index in [2.05, 4.69) is 74.0 Å². The number of rotatable bonds is 1. The largest absolute Gasteiger partial charge is 0.0683 e. The highest BCUT2D eigenvalue weighted by atomic mass is 79.9. The van der Waals surface area contributed by atoms with E-state index in [1.54, 1.807) is 0 Å². The van der Waals surface area contributed by atoms with E-state index in [4.69, 9.17) is 0 Å². The van der Waals surface area contributed by atoms with Crippen LogP contribution in [-0.2, 0) is 6.42 Å². The van der Waals surface area contributed by atoms with Gasteiger partial charge in [0.2, 0.25) is 0 Å². The van der Waals surface area contributed by atoms with Crippen molar-refractivity contribution in [2.75, 3.05) is 0 Å². The normalized spacial score (nSPS) is 13.3. The Balaban J connectivity index is 2.21. The van der Waals surface area contributed by atoms with Crippen LogP contribution in [-0.4, -0.2) is 0 Å². The molecule has 0 fully saturated rings. The summed E-state index contributed by atoms with van der Waals surface area (Å²) in [5.41, 5.74) is 11.0. The summed E-state index contributed by atoms with van der Waals surface area (Å²) in [5, 5.41) is 0. The van der Waals surface area contributed by atoms with Crippen molar-refractivity contribution >= 4 is 22.0 Å². The van der Waals surface area contributed by atoms with Crippen LogP contribution in [0.4, 0.5) is 0 Å². The molecule has 1 aliphatic carbocycles. The molecule has 3 rings (SSSR count). The number of aryl methyl sites for hydroxylation is 3. The molecule has 0 spiro atoms. The van der Waals surface area contributed by atoms with Crippen molar-refractivity contribution < 1.29 is 0 Å². The number of hydrogen-bond acceptors (Lipinski definition) is 0. The molecule has 0 aliphatic heterocycles. The van der Waals surface area contributed by atoms with Gasteiger partial charge in [0.25, 0.3) is 0 Å². The average molecular weight is 327 g/mol. The number of allylic oxidation sites excluding steroid dienone is 1. The summed E-state index contributed by atoms with van der Waals surface area (Å²) in [6, 6.07) is 9.16. The molecular weight excluding hydrogens is 308 g/mol. The molecule has 0 saturated heterocycles. The van der Waals surface area contributed by atoms with Crippen molar-refractivity contribution in [3.8, 4) is 11.1 Å². The monoisotopic (exact) mass is 326 g/mol. The minimum atomic E-state index is 1.08. The number of benzene rings is 2. The van der Waals surface area contributed by atoms with E-state index in [0.29, 0.717) is 0 Å². The first-order valence-electron chi connectivity index (χ1n) is 7.03. The van der Waals surface area contributed by atoms with Gasteiger partial charge < -0.3 is 0 Å². The third-order valence-electron chi connectivity index (χ3n) is 4.05. The molecule has 0 aromatic heterocycles. The quantitative estimate of drug-likeness (QED) is 0.602. The lowest BCUT2D eigenvalue weighted by Gasteiger charge is -2.15. The Morgan fingerprint density at radius 3 is 2.20 bits per heavy atom. The Morgan fingerprint density at radius 2 is 1.55 bits per heavy atom. The van der Waals surface area contributed by atoms with Crippen LogP contribution in [0.3, 0.4) is 0 Å². The first kappa shape index (κ1) is 13.6. The second-order valence-corrected chi connectivity index (χ2v) is 6.83. The van der Waals surface area contributed by atoms with E-state index in [1.165, 1.54) is 49.0 Å². The van der Waals surface area contributed by atoms with E-state index in [-0.39, 0.29) is 0 Å². The van der Waals surface area contributed by atoms with E-state index in [1.807, 2.05) is 0 Å². The maximum Gasteiger partial charge on any atom is 0.0260 e. The van der Waals surface area contributed by atoms with Crippen LogP contribution < -0.4 is 0 Å².